The van der Waals surface area contributed by atoms with Crippen LogP contribution >= 0.6 is 0 Å². The molecular formula is C19H23F3N6O3. The number of hydrogen-bond acceptors (Lipinski definition) is 9. The van der Waals surface area contributed by atoms with Crippen molar-refractivity contribution in [1.29, 1.82) is 0 Å². The fourth-order valence-electron chi connectivity index (χ4n) is 2.99. The SMILES string of the molecule is C=N/C(=C\N(C)CCN1CCOCC1)c1nccc2c(O)nc(OCC(F)(F)F)nc12. The molecule has 0 atom stereocenters. The summed E-state index contributed by atoms with van der Waals surface area (Å²) in [6.07, 6.45) is -1.43. The number of rotatable bonds is 8. The van der Waals surface area contributed by atoms with E-state index in [2.05, 4.69) is 36.3 Å². The quantitative estimate of drug-likeness (QED) is 0.623. The van der Waals surface area contributed by atoms with Crippen molar-refractivity contribution in [2.24, 2.45) is 4.99 Å². The number of fused-ring (bicyclic) bond motifs is 1. The minimum Gasteiger partial charge on any atom is -0.493 e. The van der Waals surface area contributed by atoms with Crippen molar-refractivity contribution < 1.29 is 27.8 Å². The summed E-state index contributed by atoms with van der Waals surface area (Å²) in [6, 6.07) is 0.838. The molecule has 2 aromatic rings. The largest absolute Gasteiger partial charge is 0.493 e. The number of aliphatic imine (C=N–C) groups is 1. The second kappa shape index (κ2) is 9.88. The van der Waals surface area contributed by atoms with E-state index in [0.717, 1.165) is 19.6 Å². The van der Waals surface area contributed by atoms with Crippen molar-refractivity contribution in [2.45, 2.75) is 6.18 Å². The number of pyridine rings is 1. The van der Waals surface area contributed by atoms with Crippen LogP contribution in [-0.2, 0) is 4.74 Å². The van der Waals surface area contributed by atoms with Gasteiger partial charge in [0.1, 0.15) is 16.9 Å². The van der Waals surface area contributed by atoms with E-state index in [0.29, 0.717) is 25.5 Å². The van der Waals surface area contributed by atoms with Gasteiger partial charge >= 0.3 is 12.2 Å². The first-order valence-corrected chi connectivity index (χ1v) is 9.51. The maximum Gasteiger partial charge on any atom is 0.422 e. The highest BCUT2D eigenvalue weighted by Crippen LogP contribution is 2.29. The molecule has 0 aliphatic carbocycles. The molecule has 1 aliphatic rings. The Labute approximate surface area is 176 Å². The summed E-state index contributed by atoms with van der Waals surface area (Å²) < 4.78 is 47.3. The lowest BCUT2D eigenvalue weighted by Crippen LogP contribution is -2.39. The Kier molecular flexibility index (Phi) is 7.23. The summed E-state index contributed by atoms with van der Waals surface area (Å²) in [5.41, 5.74) is 0.683. The van der Waals surface area contributed by atoms with Gasteiger partial charge in [-0.2, -0.15) is 23.1 Å². The second-order valence-electron chi connectivity index (χ2n) is 6.90. The van der Waals surface area contributed by atoms with Crippen molar-refractivity contribution in [3.63, 3.8) is 0 Å². The molecule has 0 aromatic carbocycles. The molecule has 0 unspecified atom stereocenters. The number of morpholine rings is 1. The molecule has 0 radical (unpaired) electrons. The fourth-order valence-corrected chi connectivity index (χ4v) is 2.99. The van der Waals surface area contributed by atoms with Crippen molar-refractivity contribution in [3.05, 3.63) is 24.2 Å². The Bertz CT molecular complexity index is 947. The zero-order chi connectivity index (χ0) is 22.4. The molecule has 2 aromatic heterocycles. The van der Waals surface area contributed by atoms with Gasteiger partial charge in [0.05, 0.1) is 18.6 Å². The number of aromatic hydroxyl groups is 1. The summed E-state index contributed by atoms with van der Waals surface area (Å²) in [7, 11) is 1.86. The fraction of sp³-hybridized carbons (Fsp3) is 0.474. The molecule has 0 amide bonds. The third-order valence-electron chi connectivity index (χ3n) is 4.57. The molecule has 1 fully saturated rings. The number of halogens is 3. The molecule has 9 nitrogen and oxygen atoms in total. The molecule has 3 heterocycles. The van der Waals surface area contributed by atoms with Gasteiger partial charge in [0, 0.05) is 45.6 Å². The molecule has 0 saturated carbocycles. The van der Waals surface area contributed by atoms with E-state index in [4.69, 9.17) is 4.74 Å². The Balaban J connectivity index is 1.84. The second-order valence-corrected chi connectivity index (χ2v) is 6.90. The highest BCUT2D eigenvalue weighted by Gasteiger charge is 2.29. The standard InChI is InChI=1S/C19H23F3N6O3/c1-23-14(11-27(2)5-6-28-7-9-30-10-8-28)16-15-13(3-4-24-16)17(29)26-18(25-15)31-12-19(20,21)22/h3-4,11H,1,5-10,12H2,2H3,(H,25,26,29)/b14-11-. The van der Waals surface area contributed by atoms with Gasteiger partial charge < -0.3 is 19.5 Å². The van der Waals surface area contributed by atoms with E-state index >= 15 is 0 Å². The Morgan fingerprint density at radius 3 is 2.81 bits per heavy atom. The van der Waals surface area contributed by atoms with Gasteiger partial charge in [-0.1, -0.05) is 0 Å². The molecule has 3 rings (SSSR count). The lowest BCUT2D eigenvalue weighted by molar-refractivity contribution is -0.154. The lowest BCUT2D eigenvalue weighted by atomic mass is 10.2. The maximum absolute atomic E-state index is 12.5. The molecule has 12 heteroatoms. The van der Waals surface area contributed by atoms with Crippen LogP contribution in [-0.4, -0.2) is 95.8 Å². The molecule has 31 heavy (non-hydrogen) atoms. The van der Waals surface area contributed by atoms with Crippen LogP contribution in [0.15, 0.2) is 23.5 Å². The third kappa shape index (κ3) is 6.25. The Morgan fingerprint density at radius 1 is 1.39 bits per heavy atom. The van der Waals surface area contributed by atoms with Crippen molar-refractivity contribution in [2.75, 3.05) is 53.0 Å². The van der Waals surface area contributed by atoms with Crippen LogP contribution in [0.1, 0.15) is 5.69 Å². The summed E-state index contributed by atoms with van der Waals surface area (Å²) >= 11 is 0. The smallest absolute Gasteiger partial charge is 0.422 e. The van der Waals surface area contributed by atoms with Crippen LogP contribution in [0.4, 0.5) is 13.2 Å². The average Bonchev–Trinajstić information content (AvgIpc) is 2.75. The summed E-state index contributed by atoms with van der Waals surface area (Å²) in [5.74, 6) is -0.519. The topological polar surface area (TPSA) is 96.2 Å². The van der Waals surface area contributed by atoms with Crippen molar-refractivity contribution >= 4 is 23.3 Å². The first-order chi connectivity index (χ1) is 14.8. The van der Waals surface area contributed by atoms with Crippen LogP contribution in [0.5, 0.6) is 11.9 Å². The minimum atomic E-state index is -4.57. The maximum atomic E-state index is 12.5. The van der Waals surface area contributed by atoms with Crippen LogP contribution in [0.3, 0.4) is 0 Å². The van der Waals surface area contributed by atoms with Gasteiger partial charge in [-0.15, -0.1) is 0 Å². The summed E-state index contributed by atoms with van der Waals surface area (Å²) in [4.78, 5) is 20.0. The minimum absolute atomic E-state index is 0.104. The Morgan fingerprint density at radius 2 is 2.13 bits per heavy atom. The number of nitrogens with zero attached hydrogens (tertiary/aromatic N) is 6. The average molecular weight is 440 g/mol. The van der Waals surface area contributed by atoms with E-state index in [9.17, 15) is 18.3 Å². The molecule has 0 spiro atoms. The van der Waals surface area contributed by atoms with Gasteiger partial charge in [0.25, 0.3) is 0 Å². The predicted octanol–water partition coefficient (Wildman–Crippen LogP) is 1.93. The van der Waals surface area contributed by atoms with Crippen LogP contribution < -0.4 is 4.74 Å². The van der Waals surface area contributed by atoms with Crippen LogP contribution in [0.25, 0.3) is 16.6 Å². The predicted molar refractivity (Wildman–Crippen MR) is 108 cm³/mol. The monoisotopic (exact) mass is 440 g/mol. The number of hydrogen-bond donors (Lipinski definition) is 1. The van der Waals surface area contributed by atoms with Gasteiger partial charge in [-0.05, 0) is 12.8 Å². The first-order valence-electron chi connectivity index (χ1n) is 9.51. The van der Waals surface area contributed by atoms with Gasteiger partial charge in [0.2, 0.25) is 5.88 Å². The molecular weight excluding hydrogens is 417 g/mol. The highest BCUT2D eigenvalue weighted by atomic mass is 19.4. The number of ether oxygens (including phenoxy) is 2. The van der Waals surface area contributed by atoms with Crippen LogP contribution in [0, 0.1) is 0 Å². The third-order valence-corrected chi connectivity index (χ3v) is 4.57. The van der Waals surface area contributed by atoms with Crippen molar-refractivity contribution in [3.8, 4) is 11.9 Å². The molecule has 1 saturated heterocycles. The highest BCUT2D eigenvalue weighted by molar-refractivity contribution is 5.92. The van der Waals surface area contributed by atoms with E-state index < -0.39 is 24.7 Å². The zero-order valence-corrected chi connectivity index (χ0v) is 17.0. The summed E-state index contributed by atoms with van der Waals surface area (Å²) in [6.45, 7) is 6.65. The Hall–Kier alpha value is -2.99. The van der Waals surface area contributed by atoms with Crippen LogP contribution in [0.2, 0.25) is 0 Å². The van der Waals surface area contributed by atoms with Gasteiger partial charge in [-0.25, -0.2) is 0 Å². The number of aromatic nitrogens is 3. The van der Waals surface area contributed by atoms with E-state index in [1.807, 2.05) is 11.9 Å². The number of likely N-dealkylation sites (N-methyl/N-ethyl adjacent to an activating group) is 1. The lowest BCUT2D eigenvalue weighted by Gasteiger charge is -2.28. The van der Waals surface area contributed by atoms with Crippen molar-refractivity contribution in [1.82, 2.24) is 24.8 Å². The molecule has 1 N–H and O–H groups in total. The van der Waals surface area contributed by atoms with Gasteiger partial charge in [0.15, 0.2) is 6.61 Å². The molecule has 0 bridgehead atoms. The molecule has 168 valence electrons. The van der Waals surface area contributed by atoms with E-state index in [1.54, 1.807) is 6.20 Å². The summed E-state index contributed by atoms with van der Waals surface area (Å²) in [5, 5.41) is 10.3. The van der Waals surface area contributed by atoms with Gasteiger partial charge in [-0.3, -0.25) is 14.9 Å². The van der Waals surface area contributed by atoms with E-state index in [1.165, 1.54) is 12.3 Å². The first kappa shape index (κ1) is 22.7. The molecule has 1 aliphatic heterocycles. The number of alkyl halides is 3. The van der Waals surface area contributed by atoms with E-state index in [-0.39, 0.29) is 16.6 Å². The zero-order valence-electron chi connectivity index (χ0n) is 17.0. The normalized spacial score (nSPS) is 15.8.